The predicted octanol–water partition coefficient (Wildman–Crippen LogP) is 3.04. The van der Waals surface area contributed by atoms with Gasteiger partial charge in [-0.1, -0.05) is 6.07 Å². The van der Waals surface area contributed by atoms with E-state index in [-0.39, 0.29) is 5.82 Å². The Bertz CT molecular complexity index is 568. The van der Waals surface area contributed by atoms with Crippen molar-refractivity contribution >= 4 is 23.3 Å². The van der Waals surface area contributed by atoms with Gasteiger partial charge in [0.05, 0.1) is 23.4 Å². The van der Waals surface area contributed by atoms with E-state index in [4.69, 9.17) is 0 Å². The topological polar surface area (TPSA) is 33.2 Å². The van der Waals surface area contributed by atoms with Crippen molar-refractivity contribution in [1.29, 1.82) is 0 Å². The van der Waals surface area contributed by atoms with Crippen LogP contribution in [0.1, 0.15) is 20.9 Å². The lowest BCUT2D eigenvalue weighted by molar-refractivity contribution is 0.112. The molecule has 5 heteroatoms. The predicted molar refractivity (Wildman–Crippen MR) is 70.7 cm³/mol. The molecule has 0 N–H and O–H groups in total. The summed E-state index contributed by atoms with van der Waals surface area (Å²) in [6.07, 6.45) is 0.675. The van der Waals surface area contributed by atoms with Crippen molar-refractivity contribution < 1.29 is 9.18 Å². The molecule has 18 heavy (non-hydrogen) atoms. The Hall–Kier alpha value is -1.75. The van der Waals surface area contributed by atoms with Gasteiger partial charge in [0.1, 0.15) is 5.82 Å². The van der Waals surface area contributed by atoms with Gasteiger partial charge in [-0.2, -0.15) is 0 Å². The number of aromatic nitrogens is 1. The first kappa shape index (κ1) is 12.7. The number of nitrogens with zero attached hydrogens (tertiary/aromatic N) is 2. The zero-order valence-corrected chi connectivity index (χ0v) is 11.0. The summed E-state index contributed by atoms with van der Waals surface area (Å²) < 4.78 is 13.8. The van der Waals surface area contributed by atoms with Crippen LogP contribution in [-0.4, -0.2) is 18.3 Å². The van der Waals surface area contributed by atoms with Crippen molar-refractivity contribution in [3.05, 3.63) is 45.7 Å². The third-order valence-electron chi connectivity index (χ3n) is 2.75. The normalized spacial score (nSPS) is 10.4. The summed E-state index contributed by atoms with van der Waals surface area (Å²) in [5.41, 5.74) is 3.40. The number of thiazole rings is 1. The quantitative estimate of drug-likeness (QED) is 0.796. The molecule has 0 saturated carbocycles. The molecule has 1 heterocycles. The fourth-order valence-corrected chi connectivity index (χ4v) is 2.63. The van der Waals surface area contributed by atoms with Crippen molar-refractivity contribution in [2.24, 2.45) is 0 Å². The molecular formula is C13H13FN2OS. The molecule has 0 aliphatic heterocycles. The highest BCUT2D eigenvalue weighted by atomic mass is 32.1. The van der Waals surface area contributed by atoms with Gasteiger partial charge in [0.15, 0.2) is 6.29 Å². The summed E-state index contributed by atoms with van der Waals surface area (Å²) in [4.78, 5) is 17.9. The van der Waals surface area contributed by atoms with E-state index in [0.29, 0.717) is 24.1 Å². The molecular weight excluding hydrogens is 251 g/mol. The van der Waals surface area contributed by atoms with Gasteiger partial charge >= 0.3 is 0 Å². The number of rotatable bonds is 4. The van der Waals surface area contributed by atoms with Gasteiger partial charge in [-0.3, -0.25) is 4.79 Å². The molecule has 0 aliphatic carbocycles. The summed E-state index contributed by atoms with van der Waals surface area (Å²) in [5, 5.41) is 0. The third-order valence-corrected chi connectivity index (χ3v) is 3.67. The van der Waals surface area contributed by atoms with Crippen molar-refractivity contribution in [1.82, 2.24) is 4.98 Å². The zero-order chi connectivity index (χ0) is 13.1. The first-order valence-corrected chi connectivity index (χ1v) is 6.35. The molecule has 3 nitrogen and oxygen atoms in total. The summed E-state index contributed by atoms with van der Waals surface area (Å²) in [6.45, 7) is 2.46. The molecule has 0 aliphatic rings. The summed E-state index contributed by atoms with van der Waals surface area (Å²) in [6, 6.07) is 4.51. The van der Waals surface area contributed by atoms with E-state index in [2.05, 4.69) is 4.98 Å². The highest BCUT2D eigenvalue weighted by Crippen LogP contribution is 2.25. The van der Waals surface area contributed by atoms with Gasteiger partial charge in [0, 0.05) is 17.5 Å². The van der Waals surface area contributed by atoms with Crippen LogP contribution in [0.4, 0.5) is 10.1 Å². The highest BCUT2D eigenvalue weighted by molar-refractivity contribution is 7.09. The molecule has 1 aromatic heterocycles. The largest absolute Gasteiger partial charge is 0.366 e. The van der Waals surface area contributed by atoms with Gasteiger partial charge in [-0.25, -0.2) is 9.37 Å². The molecule has 0 spiro atoms. The smallest absolute Gasteiger partial charge is 0.152 e. The van der Waals surface area contributed by atoms with Gasteiger partial charge in [-0.15, -0.1) is 11.3 Å². The van der Waals surface area contributed by atoms with Gasteiger partial charge in [0.25, 0.3) is 0 Å². The Morgan fingerprint density at radius 1 is 1.50 bits per heavy atom. The Morgan fingerprint density at radius 2 is 2.28 bits per heavy atom. The van der Waals surface area contributed by atoms with Crippen LogP contribution < -0.4 is 4.90 Å². The molecule has 2 rings (SSSR count). The fraction of sp³-hybridized carbons (Fsp3) is 0.231. The summed E-state index contributed by atoms with van der Waals surface area (Å²) >= 11 is 1.53. The Balaban J connectivity index is 2.31. The summed E-state index contributed by atoms with van der Waals surface area (Å²) in [7, 11) is 1.77. The molecule has 0 atom stereocenters. The van der Waals surface area contributed by atoms with E-state index in [1.165, 1.54) is 23.5 Å². The van der Waals surface area contributed by atoms with Gasteiger partial charge in [0.2, 0.25) is 0 Å². The number of benzene rings is 1. The lowest BCUT2D eigenvalue weighted by atomic mass is 10.1. The number of hydrogen-bond donors (Lipinski definition) is 0. The van der Waals surface area contributed by atoms with Gasteiger partial charge in [-0.05, 0) is 19.1 Å². The number of carbonyl (C=O) groups is 1. The molecule has 2 aromatic rings. The van der Waals surface area contributed by atoms with Gasteiger partial charge < -0.3 is 4.90 Å². The Kier molecular flexibility index (Phi) is 3.72. The Morgan fingerprint density at radius 3 is 2.89 bits per heavy atom. The van der Waals surface area contributed by atoms with Crippen LogP contribution in [0, 0.1) is 12.7 Å². The molecule has 0 fully saturated rings. The first-order chi connectivity index (χ1) is 8.63. The van der Waals surface area contributed by atoms with Crippen LogP contribution >= 0.6 is 11.3 Å². The van der Waals surface area contributed by atoms with Crippen molar-refractivity contribution in [3.8, 4) is 0 Å². The van der Waals surface area contributed by atoms with E-state index in [1.807, 2.05) is 6.92 Å². The molecule has 0 unspecified atom stereocenters. The number of hydrogen-bond acceptors (Lipinski definition) is 4. The fourth-order valence-electron chi connectivity index (χ4n) is 1.80. The number of halogens is 1. The molecule has 94 valence electrons. The zero-order valence-electron chi connectivity index (χ0n) is 10.2. The number of aldehydes is 1. The van der Waals surface area contributed by atoms with E-state index in [0.717, 1.165) is 10.6 Å². The van der Waals surface area contributed by atoms with Crippen LogP contribution in [0.15, 0.2) is 23.7 Å². The number of para-hydroxylation sites is 1. The molecule has 0 saturated heterocycles. The molecule has 0 bridgehead atoms. The van der Waals surface area contributed by atoms with E-state index < -0.39 is 0 Å². The van der Waals surface area contributed by atoms with Crippen LogP contribution in [-0.2, 0) is 6.54 Å². The second-order valence-corrected chi connectivity index (χ2v) is 4.95. The van der Waals surface area contributed by atoms with E-state index in [9.17, 15) is 9.18 Å². The number of aryl methyl sites for hydroxylation is 1. The maximum atomic E-state index is 13.8. The minimum absolute atomic E-state index is 0.334. The van der Waals surface area contributed by atoms with E-state index in [1.54, 1.807) is 23.5 Å². The minimum atomic E-state index is -0.385. The van der Waals surface area contributed by atoms with Crippen LogP contribution in [0.2, 0.25) is 0 Å². The van der Waals surface area contributed by atoms with Crippen LogP contribution in [0.25, 0.3) is 0 Å². The maximum absolute atomic E-state index is 13.8. The van der Waals surface area contributed by atoms with Crippen molar-refractivity contribution in [3.63, 3.8) is 0 Å². The monoisotopic (exact) mass is 264 g/mol. The second-order valence-electron chi connectivity index (χ2n) is 4.01. The molecule has 0 radical (unpaired) electrons. The Labute approximate surface area is 109 Å². The van der Waals surface area contributed by atoms with Crippen molar-refractivity contribution in [2.45, 2.75) is 13.5 Å². The molecule has 0 amide bonds. The second kappa shape index (κ2) is 5.27. The third kappa shape index (κ3) is 2.41. The first-order valence-electron chi connectivity index (χ1n) is 5.47. The standard InChI is InChI=1S/C13H13FN2OS/c1-9-12(18-8-15-9)6-16(2)13-10(7-17)4-3-5-11(13)14/h3-5,7-8H,6H2,1-2H3. The van der Waals surface area contributed by atoms with E-state index >= 15 is 0 Å². The average Bonchev–Trinajstić information content (AvgIpc) is 2.74. The molecule has 1 aromatic carbocycles. The average molecular weight is 264 g/mol. The van der Waals surface area contributed by atoms with Crippen LogP contribution in [0.5, 0.6) is 0 Å². The SMILES string of the molecule is Cc1ncsc1CN(C)c1c(F)cccc1C=O. The lowest BCUT2D eigenvalue weighted by Crippen LogP contribution is -2.19. The number of anilines is 1. The number of carbonyl (C=O) groups excluding carboxylic acids is 1. The van der Waals surface area contributed by atoms with Crippen molar-refractivity contribution in [2.75, 3.05) is 11.9 Å². The lowest BCUT2D eigenvalue weighted by Gasteiger charge is -2.21. The minimum Gasteiger partial charge on any atom is -0.366 e. The maximum Gasteiger partial charge on any atom is 0.152 e. The highest BCUT2D eigenvalue weighted by Gasteiger charge is 2.14. The van der Waals surface area contributed by atoms with Crippen LogP contribution in [0.3, 0.4) is 0 Å². The summed E-state index contributed by atoms with van der Waals surface area (Å²) in [5.74, 6) is -0.385.